The molecule has 0 bridgehead atoms. The van der Waals surface area contributed by atoms with Crippen LogP contribution in [-0.4, -0.2) is 16.1 Å². The lowest BCUT2D eigenvalue weighted by Crippen LogP contribution is -1.93. The van der Waals surface area contributed by atoms with E-state index in [1.807, 2.05) is 12.3 Å². The fourth-order valence-corrected chi connectivity index (χ4v) is 1.65. The molecule has 15 heavy (non-hydrogen) atoms. The molecular weight excluding hydrogens is 190 g/mol. The van der Waals surface area contributed by atoms with Crippen LogP contribution in [0.15, 0.2) is 18.3 Å². The quantitative estimate of drug-likeness (QED) is 0.647. The van der Waals surface area contributed by atoms with Crippen LogP contribution in [0.5, 0.6) is 0 Å². The summed E-state index contributed by atoms with van der Waals surface area (Å²) in [4.78, 5) is 13.4. The molecule has 3 heteroatoms. The molecule has 0 unspecified atom stereocenters. The van der Waals surface area contributed by atoms with Gasteiger partial charge in [-0.2, -0.15) is 0 Å². The average molecular weight is 209 g/mol. The molecule has 1 heterocycles. The highest BCUT2D eigenvalue weighted by atomic mass is 16.4. The van der Waals surface area contributed by atoms with Gasteiger partial charge >= 0.3 is 5.97 Å². The van der Waals surface area contributed by atoms with E-state index in [1.54, 1.807) is 0 Å². The summed E-state index contributed by atoms with van der Waals surface area (Å²) in [6, 6.07) is 4.12. The Morgan fingerprint density at radius 3 is 2.60 bits per heavy atom. The number of carboxylic acids is 1. The number of nitrogens with one attached hydrogen (secondary N) is 1. The van der Waals surface area contributed by atoms with Crippen LogP contribution in [0, 0.1) is 0 Å². The number of carboxylic acid groups (broad SMARTS) is 1. The molecule has 0 aliphatic rings. The van der Waals surface area contributed by atoms with E-state index in [4.69, 9.17) is 5.11 Å². The molecule has 1 rings (SSSR count). The van der Waals surface area contributed by atoms with E-state index in [1.165, 1.54) is 18.5 Å². The Labute approximate surface area is 90.5 Å². The lowest BCUT2D eigenvalue weighted by Gasteiger charge is -1.99. The summed E-state index contributed by atoms with van der Waals surface area (Å²) in [6.07, 6.45) is 8.75. The minimum atomic E-state index is -0.679. The molecule has 0 aliphatic heterocycles. The predicted octanol–water partition coefficient (Wildman–Crippen LogP) is 2.98. The molecule has 2 N–H and O–H groups in total. The van der Waals surface area contributed by atoms with Gasteiger partial charge in [0.2, 0.25) is 0 Å². The highest BCUT2D eigenvalue weighted by Crippen LogP contribution is 2.08. The molecule has 0 radical (unpaired) electrons. The molecular formula is C12H19NO2. The van der Waals surface area contributed by atoms with E-state index < -0.39 is 5.97 Å². The van der Waals surface area contributed by atoms with Gasteiger partial charge in [0, 0.05) is 18.3 Å². The zero-order valence-electron chi connectivity index (χ0n) is 9.04. The minimum Gasteiger partial charge on any atom is -0.481 e. The summed E-state index contributed by atoms with van der Waals surface area (Å²) in [6.45, 7) is 0. The number of carbonyl (C=O) groups is 1. The number of hydrogen-bond donors (Lipinski definition) is 2. The topological polar surface area (TPSA) is 53.1 Å². The first-order valence-corrected chi connectivity index (χ1v) is 5.63. The number of H-pyrrole nitrogens is 1. The third kappa shape index (κ3) is 5.94. The van der Waals surface area contributed by atoms with E-state index in [0.717, 1.165) is 25.7 Å². The van der Waals surface area contributed by atoms with Gasteiger partial charge in [-0.1, -0.05) is 19.3 Å². The van der Waals surface area contributed by atoms with E-state index in [2.05, 4.69) is 11.1 Å². The van der Waals surface area contributed by atoms with E-state index in [-0.39, 0.29) is 0 Å². The molecule has 1 aromatic rings. The van der Waals surface area contributed by atoms with Crippen molar-refractivity contribution in [2.24, 2.45) is 0 Å². The maximum Gasteiger partial charge on any atom is 0.303 e. The van der Waals surface area contributed by atoms with Crippen molar-refractivity contribution in [3.8, 4) is 0 Å². The molecule has 0 aliphatic carbocycles. The van der Waals surface area contributed by atoms with Crippen LogP contribution < -0.4 is 0 Å². The largest absolute Gasteiger partial charge is 0.481 e. The SMILES string of the molecule is O=C(O)CCCCCCCc1ccc[nH]1. The van der Waals surface area contributed by atoms with Crippen LogP contribution in [0.4, 0.5) is 0 Å². The Morgan fingerprint density at radius 1 is 1.20 bits per heavy atom. The second-order valence-corrected chi connectivity index (χ2v) is 3.86. The van der Waals surface area contributed by atoms with E-state index in [0.29, 0.717) is 6.42 Å². The van der Waals surface area contributed by atoms with Crippen molar-refractivity contribution < 1.29 is 9.90 Å². The highest BCUT2D eigenvalue weighted by molar-refractivity contribution is 5.66. The summed E-state index contributed by atoms with van der Waals surface area (Å²) in [7, 11) is 0. The van der Waals surface area contributed by atoms with Crippen molar-refractivity contribution in [3.05, 3.63) is 24.0 Å². The van der Waals surface area contributed by atoms with Gasteiger partial charge in [0.1, 0.15) is 0 Å². The fraction of sp³-hybridized carbons (Fsp3) is 0.583. The lowest BCUT2D eigenvalue weighted by atomic mass is 10.1. The van der Waals surface area contributed by atoms with Crippen molar-refractivity contribution in [2.75, 3.05) is 0 Å². The smallest absolute Gasteiger partial charge is 0.303 e. The second-order valence-electron chi connectivity index (χ2n) is 3.86. The number of aromatic nitrogens is 1. The van der Waals surface area contributed by atoms with Gasteiger partial charge in [0.25, 0.3) is 0 Å². The zero-order chi connectivity index (χ0) is 10.9. The van der Waals surface area contributed by atoms with Gasteiger partial charge in [-0.25, -0.2) is 0 Å². The molecule has 84 valence electrons. The Hall–Kier alpha value is -1.25. The maximum absolute atomic E-state index is 10.2. The number of hydrogen-bond acceptors (Lipinski definition) is 1. The molecule has 3 nitrogen and oxygen atoms in total. The van der Waals surface area contributed by atoms with Gasteiger partial charge in [-0.05, 0) is 31.4 Å². The Balaban J connectivity index is 1.87. The van der Waals surface area contributed by atoms with Gasteiger partial charge in [0.05, 0.1) is 0 Å². The van der Waals surface area contributed by atoms with Crippen LogP contribution in [0.25, 0.3) is 0 Å². The van der Waals surface area contributed by atoms with Gasteiger partial charge in [-0.15, -0.1) is 0 Å². The van der Waals surface area contributed by atoms with Crippen LogP contribution in [0.1, 0.15) is 44.2 Å². The molecule has 0 aromatic carbocycles. The molecule has 0 fully saturated rings. The molecule has 0 saturated heterocycles. The number of unbranched alkanes of at least 4 members (excludes halogenated alkanes) is 4. The standard InChI is InChI=1S/C12H19NO2/c14-12(15)9-5-3-1-2-4-7-11-8-6-10-13-11/h6,8,10,13H,1-5,7,9H2,(H,14,15). The normalized spacial score (nSPS) is 10.4. The van der Waals surface area contributed by atoms with Crippen molar-refractivity contribution in [1.29, 1.82) is 0 Å². The van der Waals surface area contributed by atoms with Gasteiger partial charge in [-0.3, -0.25) is 4.79 Å². The van der Waals surface area contributed by atoms with Crippen molar-refractivity contribution in [2.45, 2.75) is 44.9 Å². The first-order valence-electron chi connectivity index (χ1n) is 5.63. The van der Waals surface area contributed by atoms with Crippen molar-refractivity contribution >= 4 is 5.97 Å². The van der Waals surface area contributed by atoms with Crippen LogP contribution in [0.3, 0.4) is 0 Å². The van der Waals surface area contributed by atoms with Gasteiger partial charge < -0.3 is 10.1 Å². The predicted molar refractivity (Wildman–Crippen MR) is 59.8 cm³/mol. The average Bonchev–Trinajstić information content (AvgIpc) is 2.68. The first kappa shape index (κ1) is 11.8. The summed E-state index contributed by atoms with van der Waals surface area (Å²) in [5.41, 5.74) is 1.29. The fourth-order valence-electron chi connectivity index (χ4n) is 1.65. The number of rotatable bonds is 8. The van der Waals surface area contributed by atoms with E-state index >= 15 is 0 Å². The van der Waals surface area contributed by atoms with Crippen LogP contribution in [-0.2, 0) is 11.2 Å². The highest BCUT2D eigenvalue weighted by Gasteiger charge is 1.97. The van der Waals surface area contributed by atoms with Crippen molar-refractivity contribution in [3.63, 3.8) is 0 Å². The molecule has 0 saturated carbocycles. The summed E-state index contributed by atoms with van der Waals surface area (Å²) < 4.78 is 0. The number of aliphatic carboxylic acids is 1. The van der Waals surface area contributed by atoms with Crippen LogP contribution in [0.2, 0.25) is 0 Å². The number of aromatic amines is 1. The third-order valence-corrected chi connectivity index (χ3v) is 2.50. The maximum atomic E-state index is 10.2. The first-order chi connectivity index (χ1) is 7.29. The lowest BCUT2D eigenvalue weighted by molar-refractivity contribution is -0.137. The van der Waals surface area contributed by atoms with Crippen molar-refractivity contribution in [1.82, 2.24) is 4.98 Å². The van der Waals surface area contributed by atoms with Gasteiger partial charge in [0.15, 0.2) is 0 Å². The molecule has 0 atom stereocenters. The van der Waals surface area contributed by atoms with Crippen LogP contribution >= 0.6 is 0 Å². The summed E-state index contributed by atoms with van der Waals surface area (Å²) >= 11 is 0. The summed E-state index contributed by atoms with van der Waals surface area (Å²) in [5.74, 6) is -0.679. The molecule has 1 aromatic heterocycles. The second kappa shape index (κ2) is 7.10. The Bertz CT molecular complexity index is 267. The third-order valence-electron chi connectivity index (χ3n) is 2.50. The molecule has 0 amide bonds. The van der Waals surface area contributed by atoms with E-state index in [9.17, 15) is 4.79 Å². The monoisotopic (exact) mass is 209 g/mol. The zero-order valence-corrected chi connectivity index (χ0v) is 9.04. The molecule has 0 spiro atoms. The minimum absolute atomic E-state index is 0.316. The summed E-state index contributed by atoms with van der Waals surface area (Å²) in [5, 5.41) is 8.44. The Kier molecular flexibility index (Phi) is 5.59. The Morgan fingerprint density at radius 2 is 1.93 bits per heavy atom. The number of aryl methyl sites for hydroxylation is 1.